The molecule has 138 valence electrons. The van der Waals surface area contributed by atoms with Crippen LogP contribution in [0.25, 0.3) is 0 Å². The van der Waals surface area contributed by atoms with Crippen molar-refractivity contribution in [1.82, 2.24) is 9.88 Å². The van der Waals surface area contributed by atoms with Crippen LogP contribution in [0.4, 0.5) is 15.6 Å². The second-order valence-electron chi connectivity index (χ2n) is 6.34. The summed E-state index contributed by atoms with van der Waals surface area (Å²) in [4.78, 5) is 30.8. The summed E-state index contributed by atoms with van der Waals surface area (Å²) in [6.07, 6.45) is 3.55. The van der Waals surface area contributed by atoms with Gasteiger partial charge in [0.1, 0.15) is 0 Å². The van der Waals surface area contributed by atoms with Gasteiger partial charge >= 0.3 is 6.03 Å². The van der Waals surface area contributed by atoms with E-state index in [0.717, 1.165) is 19.4 Å². The fraction of sp³-hybridized carbons (Fsp3) is 0.389. The molecular formula is C18H21ClN4O2S. The van der Waals surface area contributed by atoms with E-state index in [2.05, 4.69) is 22.5 Å². The van der Waals surface area contributed by atoms with Gasteiger partial charge in [0.15, 0.2) is 5.13 Å². The van der Waals surface area contributed by atoms with E-state index in [1.54, 1.807) is 24.3 Å². The summed E-state index contributed by atoms with van der Waals surface area (Å²) < 4.78 is 0. The monoisotopic (exact) mass is 392 g/mol. The van der Waals surface area contributed by atoms with Crippen molar-refractivity contribution in [1.29, 1.82) is 0 Å². The first-order chi connectivity index (χ1) is 12.5. The number of carbonyl (C=O) groups excluding carboxylic acids is 2. The predicted octanol–water partition coefficient (Wildman–Crippen LogP) is 4.38. The molecule has 0 spiro atoms. The van der Waals surface area contributed by atoms with E-state index in [9.17, 15) is 9.59 Å². The third-order valence-corrected chi connectivity index (χ3v) is 5.35. The molecule has 1 unspecified atom stereocenters. The molecular weight excluding hydrogens is 372 g/mol. The van der Waals surface area contributed by atoms with Gasteiger partial charge in [0.25, 0.3) is 0 Å². The number of thiazole rings is 1. The van der Waals surface area contributed by atoms with Gasteiger partial charge in [-0.25, -0.2) is 9.78 Å². The first kappa shape index (κ1) is 18.7. The van der Waals surface area contributed by atoms with Crippen molar-refractivity contribution in [2.45, 2.75) is 38.6 Å². The molecule has 0 saturated carbocycles. The molecule has 0 bridgehead atoms. The molecule has 1 saturated heterocycles. The highest BCUT2D eigenvalue weighted by Gasteiger charge is 2.23. The van der Waals surface area contributed by atoms with Crippen molar-refractivity contribution in [3.05, 3.63) is 40.4 Å². The SMILES string of the molecule is CC1CCCCN1C(=O)Cc1csc(NC(=O)Nc2cccc(Cl)c2)n1. The number of hydrogen-bond acceptors (Lipinski definition) is 4. The standard InChI is InChI=1S/C18H21ClN4O2S/c1-12-5-2-3-8-23(12)16(24)10-15-11-26-18(21-15)22-17(25)20-14-7-4-6-13(19)9-14/h4,6-7,9,11-12H,2-3,5,8,10H2,1H3,(H2,20,21,22,25). The van der Waals surface area contributed by atoms with Gasteiger partial charge in [0, 0.05) is 28.7 Å². The molecule has 1 aromatic heterocycles. The Labute approximate surface area is 161 Å². The Balaban J connectivity index is 1.54. The van der Waals surface area contributed by atoms with Crippen molar-refractivity contribution >= 4 is 45.7 Å². The second-order valence-corrected chi connectivity index (χ2v) is 7.64. The van der Waals surface area contributed by atoms with E-state index >= 15 is 0 Å². The van der Waals surface area contributed by atoms with Gasteiger partial charge in [-0.15, -0.1) is 11.3 Å². The minimum absolute atomic E-state index is 0.0948. The van der Waals surface area contributed by atoms with Crippen LogP contribution in [-0.2, 0) is 11.2 Å². The van der Waals surface area contributed by atoms with Crippen LogP contribution in [0, 0.1) is 0 Å². The topological polar surface area (TPSA) is 74.3 Å². The number of benzene rings is 1. The smallest absolute Gasteiger partial charge is 0.325 e. The molecule has 6 nitrogen and oxygen atoms in total. The summed E-state index contributed by atoms with van der Waals surface area (Å²) >= 11 is 7.20. The van der Waals surface area contributed by atoms with Crippen molar-refractivity contribution in [3.63, 3.8) is 0 Å². The third kappa shape index (κ3) is 4.95. The predicted molar refractivity (Wildman–Crippen MR) is 105 cm³/mol. The zero-order chi connectivity index (χ0) is 18.5. The number of urea groups is 1. The highest BCUT2D eigenvalue weighted by molar-refractivity contribution is 7.14. The quantitative estimate of drug-likeness (QED) is 0.810. The Kier molecular flexibility index (Phi) is 6.11. The number of likely N-dealkylation sites (tertiary alicyclic amines) is 1. The van der Waals surface area contributed by atoms with Crippen molar-refractivity contribution in [2.75, 3.05) is 17.2 Å². The van der Waals surface area contributed by atoms with Crippen LogP contribution in [0.2, 0.25) is 5.02 Å². The Morgan fingerprint density at radius 1 is 1.35 bits per heavy atom. The Morgan fingerprint density at radius 2 is 2.19 bits per heavy atom. The number of nitrogens with one attached hydrogen (secondary N) is 2. The molecule has 3 rings (SSSR count). The molecule has 26 heavy (non-hydrogen) atoms. The molecule has 0 radical (unpaired) electrons. The lowest BCUT2D eigenvalue weighted by atomic mass is 10.0. The van der Waals surface area contributed by atoms with Gasteiger partial charge < -0.3 is 10.2 Å². The summed E-state index contributed by atoms with van der Waals surface area (Å²) in [5, 5.41) is 8.19. The molecule has 1 fully saturated rings. The molecule has 1 aliphatic rings. The maximum absolute atomic E-state index is 12.5. The summed E-state index contributed by atoms with van der Waals surface area (Å²) in [5.74, 6) is 0.0948. The first-order valence-electron chi connectivity index (χ1n) is 8.59. The maximum Gasteiger partial charge on any atom is 0.325 e. The molecule has 2 N–H and O–H groups in total. The van der Waals surface area contributed by atoms with Crippen LogP contribution < -0.4 is 10.6 Å². The fourth-order valence-electron chi connectivity index (χ4n) is 3.00. The summed E-state index contributed by atoms with van der Waals surface area (Å²) in [6.45, 7) is 2.91. The zero-order valence-electron chi connectivity index (χ0n) is 14.5. The number of rotatable bonds is 4. The highest BCUT2D eigenvalue weighted by Crippen LogP contribution is 2.21. The minimum Gasteiger partial charge on any atom is -0.340 e. The first-order valence-corrected chi connectivity index (χ1v) is 9.84. The number of nitrogens with zero attached hydrogens (tertiary/aromatic N) is 2. The lowest BCUT2D eigenvalue weighted by Gasteiger charge is -2.33. The van der Waals surface area contributed by atoms with Crippen LogP contribution in [0.5, 0.6) is 0 Å². The molecule has 2 heterocycles. The molecule has 1 aliphatic heterocycles. The van der Waals surface area contributed by atoms with Crippen LogP contribution in [0.3, 0.4) is 0 Å². The molecule has 1 aromatic carbocycles. The number of amides is 3. The van der Waals surface area contributed by atoms with Crippen LogP contribution in [-0.4, -0.2) is 34.4 Å². The van der Waals surface area contributed by atoms with Crippen molar-refractivity contribution in [3.8, 4) is 0 Å². The fourth-order valence-corrected chi connectivity index (χ4v) is 3.89. The normalized spacial score (nSPS) is 17.0. The number of hydrogen-bond donors (Lipinski definition) is 2. The lowest BCUT2D eigenvalue weighted by molar-refractivity contribution is -0.133. The number of halogens is 1. The number of piperidine rings is 1. The molecule has 8 heteroatoms. The Hall–Kier alpha value is -2.12. The highest BCUT2D eigenvalue weighted by atomic mass is 35.5. The van der Waals surface area contributed by atoms with Gasteiger partial charge in [-0.3, -0.25) is 10.1 Å². The van der Waals surface area contributed by atoms with Crippen LogP contribution >= 0.6 is 22.9 Å². The molecule has 1 atom stereocenters. The number of anilines is 2. The summed E-state index contributed by atoms with van der Waals surface area (Å²) in [6, 6.07) is 6.79. The van der Waals surface area contributed by atoms with Gasteiger partial charge in [-0.1, -0.05) is 17.7 Å². The van der Waals surface area contributed by atoms with E-state index in [-0.39, 0.29) is 18.4 Å². The second kappa shape index (κ2) is 8.51. The van der Waals surface area contributed by atoms with Crippen LogP contribution in [0.15, 0.2) is 29.6 Å². The maximum atomic E-state index is 12.5. The molecule has 2 aromatic rings. The van der Waals surface area contributed by atoms with Crippen molar-refractivity contribution in [2.24, 2.45) is 0 Å². The number of carbonyl (C=O) groups is 2. The van der Waals surface area contributed by atoms with Crippen molar-refractivity contribution < 1.29 is 9.59 Å². The Bertz CT molecular complexity index is 795. The average Bonchev–Trinajstić information content (AvgIpc) is 3.01. The zero-order valence-corrected chi connectivity index (χ0v) is 16.1. The molecule has 3 amide bonds. The van der Waals surface area contributed by atoms with Gasteiger partial charge in [-0.2, -0.15) is 0 Å². The van der Waals surface area contributed by atoms with Gasteiger partial charge in [0.05, 0.1) is 12.1 Å². The minimum atomic E-state index is -0.399. The van der Waals surface area contributed by atoms with E-state index in [1.807, 2.05) is 10.3 Å². The largest absolute Gasteiger partial charge is 0.340 e. The Morgan fingerprint density at radius 3 is 2.96 bits per heavy atom. The van der Waals surface area contributed by atoms with Crippen LogP contribution in [0.1, 0.15) is 31.9 Å². The van der Waals surface area contributed by atoms with Gasteiger partial charge in [0.2, 0.25) is 5.91 Å². The number of aromatic nitrogens is 1. The lowest BCUT2D eigenvalue weighted by Crippen LogP contribution is -2.42. The molecule has 0 aliphatic carbocycles. The van der Waals surface area contributed by atoms with E-state index < -0.39 is 6.03 Å². The summed E-state index contributed by atoms with van der Waals surface area (Å²) in [5.41, 5.74) is 1.27. The van der Waals surface area contributed by atoms with E-state index in [0.29, 0.717) is 21.5 Å². The van der Waals surface area contributed by atoms with Gasteiger partial charge in [-0.05, 0) is 44.4 Å². The van der Waals surface area contributed by atoms with E-state index in [4.69, 9.17) is 11.6 Å². The summed E-state index contributed by atoms with van der Waals surface area (Å²) in [7, 11) is 0. The van der Waals surface area contributed by atoms with E-state index in [1.165, 1.54) is 17.8 Å². The third-order valence-electron chi connectivity index (χ3n) is 4.31. The average molecular weight is 393 g/mol.